The van der Waals surface area contributed by atoms with E-state index in [1.165, 1.54) is 5.56 Å². The lowest BCUT2D eigenvalue weighted by molar-refractivity contribution is 0.0899. The van der Waals surface area contributed by atoms with Gasteiger partial charge < -0.3 is 19.5 Å². The van der Waals surface area contributed by atoms with Gasteiger partial charge in [0.25, 0.3) is 0 Å². The molecule has 18 heavy (non-hydrogen) atoms. The molecule has 0 aliphatic heterocycles. The minimum absolute atomic E-state index is 0.00326. The third kappa shape index (κ3) is 4.55. The van der Waals surface area contributed by atoms with E-state index in [4.69, 9.17) is 14.2 Å². The summed E-state index contributed by atoms with van der Waals surface area (Å²) in [5.74, 6) is 1.51. The summed E-state index contributed by atoms with van der Waals surface area (Å²) in [6, 6.07) is 5.98. The first-order chi connectivity index (χ1) is 8.71. The molecule has 4 heteroatoms. The van der Waals surface area contributed by atoms with Crippen LogP contribution in [0.3, 0.4) is 0 Å². The molecule has 0 aromatic heterocycles. The first-order valence-corrected chi connectivity index (χ1v) is 6.24. The van der Waals surface area contributed by atoms with Gasteiger partial charge in [-0.15, -0.1) is 0 Å². The Labute approximate surface area is 109 Å². The van der Waals surface area contributed by atoms with E-state index in [0.717, 1.165) is 24.6 Å². The second-order valence-electron chi connectivity index (χ2n) is 4.15. The zero-order valence-electron chi connectivity index (χ0n) is 11.7. The maximum Gasteiger partial charge on any atom is 0.161 e. The molecule has 1 atom stereocenters. The van der Waals surface area contributed by atoms with Gasteiger partial charge in [0.15, 0.2) is 11.5 Å². The highest BCUT2D eigenvalue weighted by atomic mass is 16.5. The van der Waals surface area contributed by atoms with Crippen LogP contribution in [0, 0.1) is 0 Å². The molecule has 0 aliphatic rings. The summed E-state index contributed by atoms with van der Waals surface area (Å²) in [5, 5.41) is 3.28. The lowest BCUT2D eigenvalue weighted by Gasteiger charge is -2.17. The molecule has 0 saturated heterocycles. The number of nitrogens with one attached hydrogen (secondary N) is 1. The SMILES string of the molecule is CCNCc1ccc(OC(C)COC)c(OC)c1. The average molecular weight is 253 g/mol. The molecule has 0 fully saturated rings. The van der Waals surface area contributed by atoms with E-state index < -0.39 is 0 Å². The Bertz CT molecular complexity index is 355. The first kappa shape index (κ1) is 14.8. The third-order valence-electron chi connectivity index (χ3n) is 2.54. The van der Waals surface area contributed by atoms with E-state index >= 15 is 0 Å². The Balaban J connectivity index is 2.73. The van der Waals surface area contributed by atoms with E-state index in [-0.39, 0.29) is 6.10 Å². The van der Waals surface area contributed by atoms with Crippen molar-refractivity contribution in [2.24, 2.45) is 0 Å². The van der Waals surface area contributed by atoms with Crippen LogP contribution in [0.5, 0.6) is 11.5 Å². The maximum atomic E-state index is 5.77. The summed E-state index contributed by atoms with van der Waals surface area (Å²) in [6.45, 7) is 6.39. The van der Waals surface area contributed by atoms with Crippen molar-refractivity contribution in [2.75, 3.05) is 27.4 Å². The second-order valence-corrected chi connectivity index (χ2v) is 4.15. The molecule has 0 spiro atoms. The third-order valence-corrected chi connectivity index (χ3v) is 2.54. The molecule has 1 aromatic carbocycles. The van der Waals surface area contributed by atoms with Crippen LogP contribution in [-0.4, -0.2) is 33.5 Å². The van der Waals surface area contributed by atoms with Gasteiger partial charge in [0.1, 0.15) is 6.10 Å². The average Bonchev–Trinajstić information content (AvgIpc) is 2.37. The maximum absolute atomic E-state index is 5.77. The van der Waals surface area contributed by atoms with Crippen LogP contribution in [0.4, 0.5) is 0 Å². The largest absolute Gasteiger partial charge is 0.493 e. The van der Waals surface area contributed by atoms with E-state index in [9.17, 15) is 0 Å². The molecule has 0 amide bonds. The Morgan fingerprint density at radius 1 is 1.22 bits per heavy atom. The van der Waals surface area contributed by atoms with Crippen LogP contribution in [0.2, 0.25) is 0 Å². The lowest BCUT2D eigenvalue weighted by Crippen LogP contribution is -2.18. The van der Waals surface area contributed by atoms with E-state index in [2.05, 4.69) is 12.2 Å². The minimum Gasteiger partial charge on any atom is -0.493 e. The van der Waals surface area contributed by atoms with Gasteiger partial charge in [-0.25, -0.2) is 0 Å². The molecule has 0 heterocycles. The summed E-state index contributed by atoms with van der Waals surface area (Å²) in [7, 11) is 3.32. The first-order valence-electron chi connectivity index (χ1n) is 6.24. The van der Waals surface area contributed by atoms with Crippen molar-refractivity contribution >= 4 is 0 Å². The van der Waals surface area contributed by atoms with E-state index in [1.807, 2.05) is 25.1 Å². The molecule has 0 bridgehead atoms. The Hall–Kier alpha value is -1.26. The van der Waals surface area contributed by atoms with Gasteiger partial charge in [-0.05, 0) is 31.2 Å². The fourth-order valence-electron chi connectivity index (χ4n) is 1.67. The molecular weight excluding hydrogens is 230 g/mol. The van der Waals surface area contributed by atoms with Crippen molar-refractivity contribution < 1.29 is 14.2 Å². The minimum atomic E-state index is 0.00326. The van der Waals surface area contributed by atoms with Crippen LogP contribution in [-0.2, 0) is 11.3 Å². The Morgan fingerprint density at radius 3 is 2.61 bits per heavy atom. The highest BCUT2D eigenvalue weighted by Gasteiger charge is 2.09. The van der Waals surface area contributed by atoms with Crippen LogP contribution < -0.4 is 14.8 Å². The standard InChI is InChI=1S/C14H23NO3/c1-5-15-9-12-6-7-13(14(8-12)17-4)18-11(2)10-16-3/h6-8,11,15H,5,9-10H2,1-4H3. The van der Waals surface area contributed by atoms with Gasteiger partial charge in [0, 0.05) is 13.7 Å². The van der Waals surface area contributed by atoms with Crippen LogP contribution in [0.1, 0.15) is 19.4 Å². The zero-order chi connectivity index (χ0) is 13.4. The van der Waals surface area contributed by atoms with Crippen molar-refractivity contribution in [3.05, 3.63) is 23.8 Å². The molecule has 1 rings (SSSR count). The van der Waals surface area contributed by atoms with Gasteiger partial charge in [-0.1, -0.05) is 13.0 Å². The Morgan fingerprint density at radius 2 is 2.00 bits per heavy atom. The molecule has 4 nitrogen and oxygen atoms in total. The van der Waals surface area contributed by atoms with E-state index in [0.29, 0.717) is 6.61 Å². The number of hydrogen-bond acceptors (Lipinski definition) is 4. The van der Waals surface area contributed by atoms with Crippen LogP contribution >= 0.6 is 0 Å². The van der Waals surface area contributed by atoms with Crippen molar-refractivity contribution in [3.63, 3.8) is 0 Å². The second kappa shape index (κ2) is 7.95. The molecule has 0 saturated carbocycles. The van der Waals surface area contributed by atoms with Gasteiger partial charge in [-0.3, -0.25) is 0 Å². The van der Waals surface area contributed by atoms with Gasteiger partial charge >= 0.3 is 0 Å². The smallest absolute Gasteiger partial charge is 0.161 e. The number of rotatable bonds is 8. The fraction of sp³-hybridized carbons (Fsp3) is 0.571. The predicted molar refractivity (Wildman–Crippen MR) is 72.3 cm³/mol. The van der Waals surface area contributed by atoms with Gasteiger partial charge in [-0.2, -0.15) is 0 Å². The normalized spacial score (nSPS) is 12.2. The summed E-state index contributed by atoms with van der Waals surface area (Å²) >= 11 is 0. The topological polar surface area (TPSA) is 39.7 Å². The highest BCUT2D eigenvalue weighted by molar-refractivity contribution is 5.43. The fourth-order valence-corrected chi connectivity index (χ4v) is 1.67. The number of hydrogen-bond donors (Lipinski definition) is 1. The summed E-state index contributed by atoms with van der Waals surface area (Å²) < 4.78 is 16.2. The molecule has 0 radical (unpaired) electrons. The summed E-state index contributed by atoms with van der Waals surface area (Å²) in [6.07, 6.45) is 0.00326. The molecule has 1 N–H and O–H groups in total. The van der Waals surface area contributed by atoms with Crippen molar-refractivity contribution in [1.82, 2.24) is 5.32 Å². The van der Waals surface area contributed by atoms with Crippen molar-refractivity contribution in [3.8, 4) is 11.5 Å². The zero-order valence-corrected chi connectivity index (χ0v) is 11.7. The number of benzene rings is 1. The number of methoxy groups -OCH3 is 2. The van der Waals surface area contributed by atoms with Gasteiger partial charge in [0.05, 0.1) is 13.7 Å². The van der Waals surface area contributed by atoms with Crippen LogP contribution in [0.15, 0.2) is 18.2 Å². The number of ether oxygens (including phenoxy) is 3. The summed E-state index contributed by atoms with van der Waals surface area (Å²) in [5.41, 5.74) is 1.18. The monoisotopic (exact) mass is 253 g/mol. The highest BCUT2D eigenvalue weighted by Crippen LogP contribution is 2.28. The van der Waals surface area contributed by atoms with Crippen molar-refractivity contribution in [2.45, 2.75) is 26.5 Å². The molecule has 102 valence electrons. The van der Waals surface area contributed by atoms with E-state index in [1.54, 1.807) is 14.2 Å². The molecule has 1 unspecified atom stereocenters. The lowest BCUT2D eigenvalue weighted by atomic mass is 10.2. The molecule has 1 aromatic rings. The van der Waals surface area contributed by atoms with Crippen molar-refractivity contribution in [1.29, 1.82) is 0 Å². The Kier molecular flexibility index (Phi) is 6.54. The summed E-state index contributed by atoms with van der Waals surface area (Å²) in [4.78, 5) is 0. The molecular formula is C14H23NO3. The van der Waals surface area contributed by atoms with Crippen LogP contribution in [0.25, 0.3) is 0 Å². The van der Waals surface area contributed by atoms with Gasteiger partial charge in [0.2, 0.25) is 0 Å². The quantitative estimate of drug-likeness (QED) is 0.771. The molecule has 0 aliphatic carbocycles. The predicted octanol–water partition coefficient (Wildman–Crippen LogP) is 2.22.